The van der Waals surface area contributed by atoms with E-state index < -0.39 is 0 Å². The third kappa shape index (κ3) is 3.01. The number of aromatic nitrogens is 3. The van der Waals surface area contributed by atoms with Gasteiger partial charge < -0.3 is 4.74 Å². The highest BCUT2D eigenvalue weighted by molar-refractivity contribution is 6.37. The fraction of sp³-hybridized carbons (Fsp3) is 0. The number of hydrogen-bond donors (Lipinski definition) is 0. The van der Waals surface area contributed by atoms with Gasteiger partial charge >= 0.3 is 0 Å². The Morgan fingerprint density at radius 2 is 1.57 bits per heavy atom. The predicted molar refractivity (Wildman–Crippen MR) is 105 cm³/mol. The summed E-state index contributed by atoms with van der Waals surface area (Å²) in [6.07, 6.45) is 0. The van der Waals surface area contributed by atoms with Crippen LogP contribution in [0.1, 0.15) is 11.1 Å². The van der Waals surface area contributed by atoms with Crippen LogP contribution < -0.4 is 4.74 Å². The maximum Gasteiger partial charge on any atom is 0.164 e. The number of nitrogens with zero attached hydrogens (tertiary/aromatic N) is 5. The molecule has 0 N–H and O–H groups in total. The largest absolute Gasteiger partial charge is 0.452 e. The number of benzene rings is 3. The second kappa shape index (κ2) is 7.21. The van der Waals surface area contributed by atoms with Crippen LogP contribution in [0.5, 0.6) is 11.5 Å². The Kier molecular flexibility index (Phi) is 4.58. The zero-order valence-electron chi connectivity index (χ0n) is 14.1. The monoisotopic (exact) mass is 405 g/mol. The first-order valence-corrected chi connectivity index (χ1v) is 8.79. The molecule has 0 saturated carbocycles. The molecular formula is C20H9Cl2N5O. The lowest BCUT2D eigenvalue weighted by Crippen LogP contribution is -2.02. The van der Waals surface area contributed by atoms with Crippen LogP contribution >= 0.6 is 23.2 Å². The van der Waals surface area contributed by atoms with Crippen molar-refractivity contribution in [1.82, 2.24) is 15.0 Å². The maximum atomic E-state index is 9.42. The number of nitriles is 2. The van der Waals surface area contributed by atoms with Crippen molar-refractivity contribution in [2.75, 3.05) is 0 Å². The van der Waals surface area contributed by atoms with Crippen LogP contribution in [0.2, 0.25) is 10.0 Å². The average Bonchev–Trinajstić information content (AvgIpc) is 3.14. The van der Waals surface area contributed by atoms with Crippen LogP contribution in [0, 0.1) is 22.7 Å². The van der Waals surface area contributed by atoms with Gasteiger partial charge in [0.25, 0.3) is 0 Å². The zero-order valence-corrected chi connectivity index (χ0v) is 15.6. The predicted octanol–water partition coefficient (Wildman–Crippen LogP) is 5.26. The number of ether oxygens (including phenoxy) is 1. The molecule has 0 aliphatic rings. The van der Waals surface area contributed by atoms with Crippen LogP contribution in [-0.4, -0.2) is 15.0 Å². The fourth-order valence-electron chi connectivity index (χ4n) is 2.74. The SMILES string of the molecule is N#Cc1cc(Oc2c(Cl)cccc2Cl)c(-n2nnc3ccccc32)cc1C#N. The van der Waals surface area contributed by atoms with Crippen molar-refractivity contribution in [3.05, 3.63) is 75.8 Å². The summed E-state index contributed by atoms with van der Waals surface area (Å²) < 4.78 is 7.51. The van der Waals surface area contributed by atoms with Gasteiger partial charge in [0.15, 0.2) is 11.5 Å². The van der Waals surface area contributed by atoms with Crippen molar-refractivity contribution in [3.63, 3.8) is 0 Å². The van der Waals surface area contributed by atoms with Gasteiger partial charge in [0.1, 0.15) is 23.3 Å². The molecule has 0 atom stereocenters. The van der Waals surface area contributed by atoms with E-state index >= 15 is 0 Å². The lowest BCUT2D eigenvalue weighted by Gasteiger charge is -2.14. The fourth-order valence-corrected chi connectivity index (χ4v) is 3.21. The first-order valence-electron chi connectivity index (χ1n) is 8.03. The van der Waals surface area contributed by atoms with Crippen LogP contribution in [-0.2, 0) is 0 Å². The molecule has 28 heavy (non-hydrogen) atoms. The van der Waals surface area contributed by atoms with E-state index in [1.165, 1.54) is 16.8 Å². The number of halogens is 2. The van der Waals surface area contributed by atoms with Gasteiger partial charge in [-0.2, -0.15) is 10.5 Å². The van der Waals surface area contributed by atoms with E-state index in [9.17, 15) is 10.5 Å². The van der Waals surface area contributed by atoms with Gasteiger partial charge in [-0.3, -0.25) is 0 Å². The molecule has 0 amide bonds. The standard InChI is InChI=1S/C20H9Cl2N5O/c21-14-4-3-5-15(22)20(14)28-19-9-13(11-24)12(10-23)8-18(19)27-17-7-2-1-6-16(17)25-26-27/h1-9H. The van der Waals surface area contributed by atoms with E-state index in [1.807, 2.05) is 36.4 Å². The number of hydrogen-bond acceptors (Lipinski definition) is 5. The van der Waals surface area contributed by atoms with E-state index in [2.05, 4.69) is 10.3 Å². The van der Waals surface area contributed by atoms with Gasteiger partial charge in [0.05, 0.1) is 26.7 Å². The molecule has 1 heterocycles. The molecule has 0 unspecified atom stereocenters. The smallest absolute Gasteiger partial charge is 0.164 e. The van der Waals surface area contributed by atoms with Gasteiger partial charge in [-0.25, -0.2) is 4.68 Å². The summed E-state index contributed by atoms with van der Waals surface area (Å²) in [6, 6.07) is 19.3. The quantitative estimate of drug-likeness (QED) is 0.463. The first-order chi connectivity index (χ1) is 13.6. The Morgan fingerprint density at radius 1 is 0.893 bits per heavy atom. The van der Waals surface area contributed by atoms with E-state index in [0.29, 0.717) is 26.8 Å². The van der Waals surface area contributed by atoms with Crippen molar-refractivity contribution < 1.29 is 4.74 Å². The highest BCUT2D eigenvalue weighted by Gasteiger charge is 2.18. The van der Waals surface area contributed by atoms with Crippen LogP contribution in [0.25, 0.3) is 16.7 Å². The topological polar surface area (TPSA) is 87.5 Å². The Balaban J connectivity index is 1.97. The van der Waals surface area contributed by atoms with Crippen molar-refractivity contribution in [2.24, 2.45) is 0 Å². The van der Waals surface area contributed by atoms with Crippen LogP contribution in [0.15, 0.2) is 54.6 Å². The van der Waals surface area contributed by atoms with Gasteiger partial charge in [-0.15, -0.1) is 5.10 Å². The summed E-state index contributed by atoms with van der Waals surface area (Å²) in [6.45, 7) is 0. The second-order valence-electron chi connectivity index (χ2n) is 5.73. The number of para-hydroxylation sites is 2. The molecule has 0 saturated heterocycles. The zero-order chi connectivity index (χ0) is 19.7. The molecule has 4 aromatic rings. The van der Waals surface area contributed by atoms with E-state index in [0.717, 1.165) is 0 Å². The summed E-state index contributed by atoms with van der Waals surface area (Å²) in [5, 5.41) is 27.7. The second-order valence-corrected chi connectivity index (χ2v) is 6.55. The third-order valence-electron chi connectivity index (χ3n) is 4.05. The maximum absolute atomic E-state index is 9.42. The molecule has 4 rings (SSSR count). The Morgan fingerprint density at radius 3 is 2.29 bits per heavy atom. The van der Waals surface area contributed by atoms with Crippen molar-refractivity contribution in [1.29, 1.82) is 10.5 Å². The summed E-state index contributed by atoms with van der Waals surface area (Å²) in [4.78, 5) is 0. The molecule has 0 aliphatic carbocycles. The van der Waals surface area contributed by atoms with Gasteiger partial charge in [-0.05, 0) is 30.3 Å². The molecule has 0 radical (unpaired) electrons. The van der Waals surface area contributed by atoms with Crippen LogP contribution in [0.3, 0.4) is 0 Å². The van der Waals surface area contributed by atoms with Crippen molar-refractivity contribution in [2.45, 2.75) is 0 Å². The highest BCUT2D eigenvalue weighted by Crippen LogP contribution is 2.39. The first kappa shape index (κ1) is 17.8. The Bertz CT molecular complexity index is 1280. The minimum atomic E-state index is 0.161. The van der Waals surface area contributed by atoms with Crippen molar-refractivity contribution >= 4 is 34.2 Å². The molecular weight excluding hydrogens is 397 g/mol. The van der Waals surface area contributed by atoms with Gasteiger partial charge in [-0.1, -0.05) is 46.6 Å². The molecule has 0 spiro atoms. The van der Waals surface area contributed by atoms with E-state index in [-0.39, 0.29) is 22.6 Å². The molecule has 1 aromatic heterocycles. The molecule has 8 heteroatoms. The van der Waals surface area contributed by atoms with Gasteiger partial charge in [0, 0.05) is 6.07 Å². The average molecular weight is 406 g/mol. The summed E-state index contributed by atoms with van der Waals surface area (Å²) >= 11 is 12.4. The minimum absolute atomic E-state index is 0.161. The summed E-state index contributed by atoms with van der Waals surface area (Å²) in [7, 11) is 0. The van der Waals surface area contributed by atoms with Crippen molar-refractivity contribution in [3.8, 4) is 29.3 Å². The lowest BCUT2D eigenvalue weighted by atomic mass is 10.1. The number of rotatable bonds is 3. The number of fused-ring (bicyclic) bond motifs is 1. The van der Waals surface area contributed by atoms with E-state index in [1.54, 1.807) is 18.2 Å². The molecule has 0 fully saturated rings. The minimum Gasteiger partial charge on any atom is -0.452 e. The third-order valence-corrected chi connectivity index (χ3v) is 4.65. The molecule has 0 aliphatic heterocycles. The molecule has 6 nitrogen and oxygen atoms in total. The highest BCUT2D eigenvalue weighted by atomic mass is 35.5. The molecule has 134 valence electrons. The summed E-state index contributed by atoms with van der Waals surface area (Å²) in [5.41, 5.74) is 2.17. The lowest BCUT2D eigenvalue weighted by molar-refractivity contribution is 0.478. The van der Waals surface area contributed by atoms with Gasteiger partial charge in [0.2, 0.25) is 0 Å². The molecule has 3 aromatic carbocycles. The van der Waals surface area contributed by atoms with E-state index in [4.69, 9.17) is 27.9 Å². The Labute approximate surface area is 169 Å². The normalized spacial score (nSPS) is 10.4. The Hall–Kier alpha value is -3.58. The summed E-state index contributed by atoms with van der Waals surface area (Å²) in [5.74, 6) is 0.506. The van der Waals surface area contributed by atoms with Crippen LogP contribution in [0.4, 0.5) is 0 Å². The molecule has 0 bridgehead atoms.